The molecule has 0 radical (unpaired) electrons. The number of carboxylic acids is 1. The van der Waals surface area contributed by atoms with E-state index in [0.29, 0.717) is 17.1 Å². The van der Waals surface area contributed by atoms with Crippen LogP contribution >= 0.6 is 11.8 Å². The second kappa shape index (κ2) is 8.81. The zero-order chi connectivity index (χ0) is 22.9. The van der Waals surface area contributed by atoms with Crippen LogP contribution < -0.4 is 0 Å². The maximum absolute atomic E-state index is 13.0. The van der Waals surface area contributed by atoms with Crippen LogP contribution in [0.1, 0.15) is 21.7 Å². The van der Waals surface area contributed by atoms with Gasteiger partial charge in [-0.1, -0.05) is 48.5 Å². The van der Waals surface area contributed by atoms with E-state index in [2.05, 4.69) is 0 Å². The molecule has 0 bridgehead atoms. The Bertz CT molecular complexity index is 1250. The molecule has 2 unspecified atom stereocenters. The number of rotatable bonds is 7. The summed E-state index contributed by atoms with van der Waals surface area (Å²) >= 11 is 0.845. The average Bonchev–Trinajstić information content (AvgIpc) is 3.35. The number of benzene rings is 2. The van der Waals surface area contributed by atoms with E-state index in [-0.39, 0.29) is 18.5 Å². The highest BCUT2D eigenvalue weighted by Gasteiger charge is 2.46. The third-order valence-electron chi connectivity index (χ3n) is 5.02. The van der Waals surface area contributed by atoms with Gasteiger partial charge in [-0.3, -0.25) is 9.35 Å². The molecule has 1 saturated heterocycles. The van der Waals surface area contributed by atoms with Crippen molar-refractivity contribution in [3.05, 3.63) is 83.6 Å². The molecule has 1 fully saturated rings. The number of aromatic carboxylic acids is 1. The molecule has 8 nitrogen and oxygen atoms in total. The predicted octanol–water partition coefficient (Wildman–Crippen LogP) is 3.50. The zero-order valence-corrected chi connectivity index (χ0v) is 18.3. The van der Waals surface area contributed by atoms with Crippen molar-refractivity contribution in [3.63, 3.8) is 0 Å². The highest BCUT2D eigenvalue weighted by atomic mass is 32.3. The highest BCUT2D eigenvalue weighted by molar-refractivity contribution is 8.12. The van der Waals surface area contributed by atoms with Gasteiger partial charge in [0.25, 0.3) is 10.1 Å². The first-order valence-corrected chi connectivity index (χ1v) is 12.1. The summed E-state index contributed by atoms with van der Waals surface area (Å²) < 4.78 is 37.9. The summed E-state index contributed by atoms with van der Waals surface area (Å²) in [6, 6.07) is 18.5. The van der Waals surface area contributed by atoms with Crippen LogP contribution in [0.25, 0.3) is 11.3 Å². The molecule has 10 heteroatoms. The van der Waals surface area contributed by atoms with Crippen LogP contribution in [0, 0.1) is 0 Å². The Morgan fingerprint density at radius 3 is 2.41 bits per heavy atom. The molecule has 32 heavy (non-hydrogen) atoms. The van der Waals surface area contributed by atoms with Crippen molar-refractivity contribution >= 4 is 33.8 Å². The molecule has 4 rings (SSSR count). The van der Waals surface area contributed by atoms with Crippen molar-refractivity contribution in [2.24, 2.45) is 0 Å². The maximum Gasteiger partial charge on any atom is 0.336 e. The minimum Gasteiger partial charge on any atom is -0.478 e. The zero-order valence-electron chi connectivity index (χ0n) is 16.6. The summed E-state index contributed by atoms with van der Waals surface area (Å²) in [6.07, 6.45) is 0.0933. The molecule has 2 aromatic carbocycles. The smallest absolute Gasteiger partial charge is 0.336 e. The molecule has 1 amide bonds. The van der Waals surface area contributed by atoms with Crippen molar-refractivity contribution < 1.29 is 32.1 Å². The number of hydrogen-bond acceptors (Lipinski definition) is 6. The Hall–Kier alpha value is -3.08. The minimum absolute atomic E-state index is 0.0447. The van der Waals surface area contributed by atoms with E-state index >= 15 is 0 Å². The monoisotopic (exact) mass is 473 g/mol. The van der Waals surface area contributed by atoms with Crippen molar-refractivity contribution in [3.8, 4) is 11.3 Å². The number of furan rings is 1. The van der Waals surface area contributed by atoms with E-state index < -0.39 is 32.0 Å². The summed E-state index contributed by atoms with van der Waals surface area (Å²) in [5.41, 5.74) is 1.22. The summed E-state index contributed by atoms with van der Waals surface area (Å²) in [5, 5.41) is 8.60. The molecule has 1 aliphatic rings. The van der Waals surface area contributed by atoms with Crippen LogP contribution in [-0.2, 0) is 27.9 Å². The van der Waals surface area contributed by atoms with Crippen molar-refractivity contribution in [1.29, 1.82) is 0 Å². The molecule has 3 aromatic rings. The number of nitrogens with zero attached hydrogens (tertiary/aromatic N) is 1. The van der Waals surface area contributed by atoms with Crippen LogP contribution in [0.3, 0.4) is 0 Å². The van der Waals surface area contributed by atoms with E-state index in [4.69, 9.17) is 4.42 Å². The predicted molar refractivity (Wildman–Crippen MR) is 119 cm³/mol. The summed E-state index contributed by atoms with van der Waals surface area (Å²) in [7, 11) is -4.51. The Morgan fingerprint density at radius 2 is 1.72 bits per heavy atom. The number of thioether (sulfide) groups is 1. The fraction of sp³-hybridized carbons (Fsp3) is 0.182. The number of carbonyl (C=O) groups is 2. The van der Waals surface area contributed by atoms with Crippen molar-refractivity contribution in [2.45, 2.75) is 22.9 Å². The Kier molecular flexibility index (Phi) is 6.09. The normalized spacial score (nSPS) is 18.8. The second-order valence-electron chi connectivity index (χ2n) is 7.22. The van der Waals surface area contributed by atoms with Gasteiger partial charge in [-0.05, 0) is 23.8 Å². The number of carbonyl (C=O) groups excluding carboxylic acids is 1. The van der Waals surface area contributed by atoms with Gasteiger partial charge in [0.1, 0.15) is 11.5 Å². The van der Waals surface area contributed by atoms with E-state index in [1.165, 1.54) is 6.07 Å². The minimum atomic E-state index is -4.51. The Morgan fingerprint density at radius 1 is 1.03 bits per heavy atom. The lowest BCUT2D eigenvalue weighted by Crippen LogP contribution is -2.38. The number of carboxylic acid groups (broad SMARTS) is 1. The lowest BCUT2D eigenvalue weighted by atomic mass is 10.1. The lowest BCUT2D eigenvalue weighted by Gasteiger charge is -2.21. The molecule has 2 heterocycles. The molecule has 1 aromatic heterocycles. The van der Waals surface area contributed by atoms with Crippen LogP contribution in [0.2, 0.25) is 0 Å². The van der Waals surface area contributed by atoms with Gasteiger partial charge in [0.05, 0.1) is 10.8 Å². The van der Waals surface area contributed by atoms with Crippen molar-refractivity contribution in [2.75, 3.05) is 0 Å². The summed E-state index contributed by atoms with van der Waals surface area (Å²) in [4.78, 5) is 25.6. The molecular weight excluding hydrogens is 454 g/mol. The van der Waals surface area contributed by atoms with Crippen LogP contribution in [-0.4, -0.2) is 44.8 Å². The SMILES string of the molecule is O=C(O)c1ccccc1-c1ccc(CC2SC(S(=O)(=O)O)N(Cc3ccccc3)C2=O)o1. The molecule has 0 aliphatic carbocycles. The number of amides is 1. The summed E-state index contributed by atoms with van der Waals surface area (Å²) in [6.45, 7) is 0.0447. The van der Waals surface area contributed by atoms with E-state index in [9.17, 15) is 27.7 Å². The van der Waals surface area contributed by atoms with Gasteiger partial charge in [0.2, 0.25) is 10.6 Å². The van der Waals surface area contributed by atoms with Crippen LogP contribution in [0.5, 0.6) is 0 Å². The average molecular weight is 474 g/mol. The third kappa shape index (κ3) is 4.57. The van der Waals surface area contributed by atoms with Gasteiger partial charge in [0.15, 0.2) is 0 Å². The molecule has 1 aliphatic heterocycles. The second-order valence-corrected chi connectivity index (χ2v) is 10.3. The van der Waals surface area contributed by atoms with Crippen LogP contribution in [0.15, 0.2) is 71.1 Å². The van der Waals surface area contributed by atoms with Gasteiger partial charge in [-0.2, -0.15) is 8.42 Å². The molecule has 166 valence electrons. The highest BCUT2D eigenvalue weighted by Crippen LogP contribution is 2.38. The van der Waals surface area contributed by atoms with Crippen molar-refractivity contribution in [1.82, 2.24) is 4.90 Å². The van der Waals surface area contributed by atoms with Crippen LogP contribution in [0.4, 0.5) is 0 Å². The Balaban J connectivity index is 1.56. The molecule has 2 atom stereocenters. The molecular formula is C22H19NO7S2. The fourth-order valence-electron chi connectivity index (χ4n) is 3.56. The van der Waals surface area contributed by atoms with Gasteiger partial charge >= 0.3 is 5.97 Å². The maximum atomic E-state index is 13.0. The quantitative estimate of drug-likeness (QED) is 0.500. The fourth-order valence-corrected chi connectivity index (χ4v) is 6.14. The van der Waals surface area contributed by atoms with E-state index in [0.717, 1.165) is 22.2 Å². The summed E-state index contributed by atoms with van der Waals surface area (Å²) in [5.74, 6) is -0.777. The van der Waals surface area contributed by atoms with E-state index in [1.54, 1.807) is 54.6 Å². The lowest BCUT2D eigenvalue weighted by molar-refractivity contribution is -0.129. The first-order valence-electron chi connectivity index (χ1n) is 9.61. The Labute approximate surface area is 188 Å². The standard InChI is InChI=1S/C22H19NO7S2/c24-20-19(31-22(32(27,28)29)23(20)13-14-6-2-1-3-7-14)12-15-10-11-18(30-15)16-8-4-5-9-17(16)21(25)26/h1-11,19,22H,12-13H2,(H,25,26)(H,27,28,29). The van der Waals surface area contributed by atoms with Gasteiger partial charge in [-0.15, -0.1) is 11.8 Å². The number of hydrogen-bond donors (Lipinski definition) is 2. The molecule has 2 N–H and O–H groups in total. The van der Waals surface area contributed by atoms with Gasteiger partial charge < -0.3 is 14.4 Å². The first kappa shape index (κ1) is 22.1. The molecule has 0 saturated carbocycles. The first-order chi connectivity index (χ1) is 15.2. The van der Waals surface area contributed by atoms with Gasteiger partial charge in [0, 0.05) is 18.5 Å². The third-order valence-corrected chi connectivity index (χ3v) is 8.03. The van der Waals surface area contributed by atoms with E-state index in [1.807, 2.05) is 6.07 Å². The molecule has 0 spiro atoms. The topological polar surface area (TPSA) is 125 Å². The van der Waals surface area contributed by atoms with Gasteiger partial charge in [-0.25, -0.2) is 4.79 Å². The largest absolute Gasteiger partial charge is 0.478 e.